The van der Waals surface area contributed by atoms with Crippen LogP contribution in [0.2, 0.25) is 5.15 Å². The van der Waals surface area contributed by atoms with Gasteiger partial charge in [0.2, 0.25) is 5.91 Å². The second-order valence-electron chi connectivity index (χ2n) is 7.76. The molecule has 1 amide bonds. The number of hydrogen-bond donors (Lipinski definition) is 0. The van der Waals surface area contributed by atoms with Crippen LogP contribution >= 0.6 is 11.6 Å². The summed E-state index contributed by atoms with van der Waals surface area (Å²) in [6.07, 6.45) is 4.86. The van der Waals surface area contributed by atoms with Crippen molar-refractivity contribution < 1.29 is 13.2 Å². The van der Waals surface area contributed by atoms with Gasteiger partial charge in [-0.15, -0.1) is 0 Å². The number of anilines is 1. The number of aryl methyl sites for hydroxylation is 1. The Morgan fingerprint density at radius 1 is 1.26 bits per heavy atom. The molecular formula is C21H24ClN5O3S. The molecule has 0 aromatic carbocycles. The number of nitrogens with zero attached hydrogens (tertiary/aromatic N) is 5. The molecule has 10 heteroatoms. The van der Waals surface area contributed by atoms with E-state index in [0.717, 1.165) is 11.3 Å². The molecule has 31 heavy (non-hydrogen) atoms. The lowest BCUT2D eigenvalue weighted by molar-refractivity contribution is -0.133. The molecule has 1 aliphatic rings. The van der Waals surface area contributed by atoms with Crippen LogP contribution in [0.15, 0.2) is 47.9 Å². The molecule has 1 fully saturated rings. The van der Waals surface area contributed by atoms with E-state index in [-0.39, 0.29) is 29.1 Å². The molecule has 0 bridgehead atoms. The van der Waals surface area contributed by atoms with Gasteiger partial charge in [0.25, 0.3) is 0 Å². The molecule has 8 nitrogen and oxygen atoms in total. The number of carbonyl (C=O) groups is 1. The number of hydrogen-bond acceptors (Lipinski definition) is 6. The normalized spacial score (nSPS) is 17.3. The highest BCUT2D eigenvalue weighted by molar-refractivity contribution is 7.91. The van der Waals surface area contributed by atoms with Crippen LogP contribution in [0.4, 0.5) is 5.69 Å². The van der Waals surface area contributed by atoms with Crippen LogP contribution in [0.3, 0.4) is 0 Å². The molecule has 4 rings (SSSR count). The highest BCUT2D eigenvalue weighted by Crippen LogP contribution is 2.25. The first kappa shape index (κ1) is 21.6. The second kappa shape index (κ2) is 8.47. The average Bonchev–Trinajstić information content (AvgIpc) is 3.21. The zero-order valence-electron chi connectivity index (χ0n) is 17.4. The Kier molecular flexibility index (Phi) is 5.90. The summed E-state index contributed by atoms with van der Waals surface area (Å²) in [5.74, 6) is -0.393. The van der Waals surface area contributed by atoms with Gasteiger partial charge >= 0.3 is 0 Å². The molecule has 0 radical (unpaired) electrons. The molecule has 0 N–H and O–H groups in total. The van der Waals surface area contributed by atoms with Gasteiger partial charge in [0.15, 0.2) is 9.84 Å². The maximum Gasteiger partial charge on any atom is 0.223 e. The Bertz CT molecular complexity index is 1230. The van der Waals surface area contributed by atoms with Crippen LogP contribution in [-0.4, -0.2) is 65.0 Å². The van der Waals surface area contributed by atoms with E-state index in [0.29, 0.717) is 30.4 Å². The van der Waals surface area contributed by atoms with E-state index in [1.165, 1.54) is 4.40 Å². The van der Waals surface area contributed by atoms with Gasteiger partial charge < -0.3 is 9.80 Å². The lowest BCUT2D eigenvalue weighted by atomic mass is 10.1. The van der Waals surface area contributed by atoms with Gasteiger partial charge in [-0.2, -0.15) is 0 Å². The minimum absolute atomic E-state index is 0.0453. The zero-order chi connectivity index (χ0) is 22.2. The minimum atomic E-state index is -3.63. The largest absolute Gasteiger partial charge is 0.366 e. The quantitative estimate of drug-likeness (QED) is 0.543. The van der Waals surface area contributed by atoms with Gasteiger partial charge in [0.05, 0.1) is 17.6 Å². The number of piperazine rings is 1. The molecular weight excluding hydrogens is 438 g/mol. The number of halogens is 1. The van der Waals surface area contributed by atoms with Crippen molar-refractivity contribution in [2.24, 2.45) is 0 Å². The molecule has 1 aliphatic heterocycles. The molecule has 164 valence electrons. The summed E-state index contributed by atoms with van der Waals surface area (Å²) in [7, 11) is -3.63. The summed E-state index contributed by atoms with van der Waals surface area (Å²) in [5.41, 5.74) is 2.59. The van der Waals surface area contributed by atoms with Gasteiger partial charge in [0.1, 0.15) is 15.8 Å². The van der Waals surface area contributed by atoms with Crippen LogP contribution in [0.1, 0.15) is 18.9 Å². The fourth-order valence-corrected chi connectivity index (χ4v) is 5.64. The van der Waals surface area contributed by atoms with Crippen molar-refractivity contribution >= 4 is 38.7 Å². The number of aromatic nitrogens is 3. The highest BCUT2D eigenvalue weighted by Gasteiger charge is 2.29. The van der Waals surface area contributed by atoms with Crippen LogP contribution in [0.5, 0.6) is 0 Å². The van der Waals surface area contributed by atoms with Crippen molar-refractivity contribution in [1.29, 1.82) is 0 Å². The van der Waals surface area contributed by atoms with E-state index in [4.69, 9.17) is 11.6 Å². The molecule has 1 atom stereocenters. The molecule has 4 heterocycles. The number of rotatable bonds is 5. The molecule has 3 aromatic rings. The van der Waals surface area contributed by atoms with Gasteiger partial charge in [0, 0.05) is 44.5 Å². The van der Waals surface area contributed by atoms with Gasteiger partial charge in [-0.3, -0.25) is 9.20 Å². The lowest BCUT2D eigenvalue weighted by Crippen LogP contribution is -2.54. The van der Waals surface area contributed by atoms with Crippen molar-refractivity contribution in [1.82, 2.24) is 19.3 Å². The fourth-order valence-electron chi connectivity index (χ4n) is 4.04. The Morgan fingerprint density at radius 2 is 2.06 bits per heavy atom. The van der Waals surface area contributed by atoms with Crippen LogP contribution in [-0.2, 0) is 14.6 Å². The lowest BCUT2D eigenvalue weighted by Gasteiger charge is -2.41. The van der Waals surface area contributed by atoms with E-state index in [1.807, 2.05) is 19.9 Å². The summed E-state index contributed by atoms with van der Waals surface area (Å²) in [5, 5.41) is 0.606. The average molecular weight is 462 g/mol. The topological polar surface area (TPSA) is 87.9 Å². The first-order chi connectivity index (χ1) is 14.8. The van der Waals surface area contributed by atoms with E-state index < -0.39 is 9.84 Å². The maximum atomic E-state index is 12.9. The smallest absolute Gasteiger partial charge is 0.223 e. The number of carbonyl (C=O) groups excluding carboxylic acids is 1. The third-order valence-electron chi connectivity index (χ3n) is 5.63. The van der Waals surface area contributed by atoms with Gasteiger partial charge in [-0.05, 0) is 37.6 Å². The monoisotopic (exact) mass is 461 g/mol. The van der Waals surface area contributed by atoms with Gasteiger partial charge in [-0.1, -0.05) is 17.7 Å². The summed E-state index contributed by atoms with van der Waals surface area (Å²) < 4.78 is 27.3. The Morgan fingerprint density at radius 3 is 2.81 bits per heavy atom. The number of amides is 1. The first-order valence-corrected chi connectivity index (χ1v) is 12.1. The molecule has 0 aliphatic carbocycles. The predicted molar refractivity (Wildman–Crippen MR) is 119 cm³/mol. The number of pyridine rings is 2. The fraction of sp³-hybridized carbons (Fsp3) is 0.381. The zero-order valence-corrected chi connectivity index (χ0v) is 19.0. The predicted octanol–water partition coefficient (Wildman–Crippen LogP) is 2.59. The van der Waals surface area contributed by atoms with Crippen molar-refractivity contribution in [2.75, 3.05) is 30.3 Å². The van der Waals surface area contributed by atoms with Gasteiger partial charge in [-0.25, -0.2) is 18.4 Å². The van der Waals surface area contributed by atoms with Crippen LogP contribution in [0.25, 0.3) is 5.65 Å². The second-order valence-corrected chi connectivity index (χ2v) is 10.2. The Balaban J connectivity index is 1.41. The first-order valence-electron chi connectivity index (χ1n) is 10.1. The summed E-state index contributed by atoms with van der Waals surface area (Å²) in [6.45, 7) is 5.79. The van der Waals surface area contributed by atoms with Crippen molar-refractivity contribution in [3.8, 4) is 0 Å². The van der Waals surface area contributed by atoms with Crippen molar-refractivity contribution in [3.05, 3.63) is 53.6 Å². The highest BCUT2D eigenvalue weighted by atomic mass is 35.5. The van der Waals surface area contributed by atoms with Crippen LogP contribution in [0, 0.1) is 6.92 Å². The Labute approximate surface area is 186 Å². The summed E-state index contributed by atoms with van der Waals surface area (Å²) in [4.78, 5) is 25.1. The van der Waals surface area contributed by atoms with E-state index in [2.05, 4.69) is 14.9 Å². The Hall–Kier alpha value is -2.65. The van der Waals surface area contributed by atoms with E-state index >= 15 is 0 Å². The van der Waals surface area contributed by atoms with E-state index in [1.54, 1.807) is 41.7 Å². The number of sulfone groups is 1. The maximum absolute atomic E-state index is 12.9. The summed E-state index contributed by atoms with van der Waals surface area (Å²) in [6, 6.07) is 6.72. The molecule has 1 saturated heterocycles. The molecule has 0 saturated carbocycles. The number of imidazole rings is 1. The SMILES string of the molecule is Cc1cc(Cl)ncc1N1CCN(C(=O)CCS(=O)(=O)c2cccc3nccn23)[C@@H](C)C1. The van der Waals surface area contributed by atoms with E-state index in [9.17, 15) is 13.2 Å². The van der Waals surface area contributed by atoms with Crippen LogP contribution < -0.4 is 4.90 Å². The molecule has 0 spiro atoms. The van der Waals surface area contributed by atoms with Crippen molar-refractivity contribution in [3.63, 3.8) is 0 Å². The molecule has 3 aromatic heterocycles. The molecule has 0 unspecified atom stereocenters. The standard InChI is InChI=1S/C21H24ClN5O3S/c1-15-12-18(22)24-13-17(15)25-9-10-26(16(2)14-25)20(28)6-11-31(29,30)21-5-3-4-19-23-7-8-27(19)21/h3-5,7-8,12-13,16H,6,9-11,14H2,1-2H3/t16-/m0/s1. The summed E-state index contributed by atoms with van der Waals surface area (Å²) >= 11 is 5.95. The minimum Gasteiger partial charge on any atom is -0.366 e. The third-order valence-corrected chi connectivity index (χ3v) is 7.55. The third kappa shape index (κ3) is 4.38. The number of fused-ring (bicyclic) bond motifs is 1. The van der Waals surface area contributed by atoms with Crippen molar-refractivity contribution in [2.45, 2.75) is 31.3 Å².